The normalized spacial score (nSPS) is 14.4. The molecule has 0 spiro atoms. The maximum absolute atomic E-state index is 11.3. The monoisotopic (exact) mass is 269 g/mol. The zero-order valence-electron chi connectivity index (χ0n) is 11.9. The molecule has 0 radical (unpaired) electrons. The first-order valence-corrected chi connectivity index (χ1v) is 6.58. The second kappa shape index (κ2) is 7.08. The molecule has 1 amide bonds. The summed E-state index contributed by atoms with van der Waals surface area (Å²) in [5, 5.41) is 13.9. The molecule has 1 heterocycles. The van der Waals surface area contributed by atoms with Crippen molar-refractivity contribution in [3.05, 3.63) is 5.89 Å². The molecular formula is C12H23N5O2. The summed E-state index contributed by atoms with van der Waals surface area (Å²) in [5.74, 6) is 0.0957. The van der Waals surface area contributed by atoms with Crippen LogP contribution in [0, 0.1) is 5.92 Å². The number of rotatable bonds is 8. The van der Waals surface area contributed by atoms with Crippen LogP contribution in [0.15, 0.2) is 4.42 Å². The van der Waals surface area contributed by atoms with Gasteiger partial charge in [0.2, 0.25) is 11.8 Å². The molecule has 7 nitrogen and oxygen atoms in total. The van der Waals surface area contributed by atoms with E-state index in [1.807, 2.05) is 20.8 Å². The number of nitrogens with one attached hydrogen (secondary N) is 2. The van der Waals surface area contributed by atoms with Gasteiger partial charge in [0.1, 0.15) is 6.04 Å². The van der Waals surface area contributed by atoms with E-state index in [1.165, 1.54) is 0 Å². The van der Waals surface area contributed by atoms with Crippen molar-refractivity contribution in [2.75, 3.05) is 11.9 Å². The summed E-state index contributed by atoms with van der Waals surface area (Å²) in [4.78, 5) is 11.3. The Labute approximate surface area is 113 Å². The number of hydrogen-bond donors (Lipinski definition) is 3. The zero-order valence-corrected chi connectivity index (χ0v) is 11.9. The standard InChI is InChI=1S/C12H23N5O2/c1-5-6-14-8(4)11-16-17-12(19-11)15-9(7(2)3)10(13)18/h7-9,14H,5-6H2,1-4H3,(H2,13,18)(H,15,17). The van der Waals surface area contributed by atoms with Crippen LogP contribution in [0.25, 0.3) is 0 Å². The lowest BCUT2D eigenvalue weighted by Gasteiger charge is -2.17. The average Bonchev–Trinajstić information content (AvgIpc) is 2.80. The highest BCUT2D eigenvalue weighted by molar-refractivity contribution is 5.82. The first-order valence-electron chi connectivity index (χ1n) is 6.58. The molecule has 4 N–H and O–H groups in total. The lowest BCUT2D eigenvalue weighted by molar-refractivity contribution is -0.119. The highest BCUT2D eigenvalue weighted by Crippen LogP contribution is 2.16. The highest BCUT2D eigenvalue weighted by Gasteiger charge is 2.22. The molecule has 19 heavy (non-hydrogen) atoms. The van der Waals surface area contributed by atoms with Crippen LogP contribution >= 0.6 is 0 Å². The van der Waals surface area contributed by atoms with Crippen molar-refractivity contribution >= 4 is 11.9 Å². The van der Waals surface area contributed by atoms with Gasteiger partial charge in [0, 0.05) is 0 Å². The van der Waals surface area contributed by atoms with Gasteiger partial charge in [-0.05, 0) is 25.8 Å². The molecule has 0 aliphatic carbocycles. The molecule has 108 valence electrons. The average molecular weight is 269 g/mol. The second-order valence-corrected chi connectivity index (χ2v) is 4.89. The number of amides is 1. The van der Waals surface area contributed by atoms with Gasteiger partial charge in [-0.3, -0.25) is 4.79 Å². The van der Waals surface area contributed by atoms with Gasteiger partial charge in [0.25, 0.3) is 0 Å². The summed E-state index contributed by atoms with van der Waals surface area (Å²) in [6, 6.07) is -0.320. The minimum Gasteiger partial charge on any atom is -0.406 e. The molecule has 2 unspecified atom stereocenters. The molecule has 0 saturated heterocycles. The van der Waals surface area contributed by atoms with E-state index in [0.717, 1.165) is 13.0 Å². The quantitative estimate of drug-likeness (QED) is 0.651. The third-order valence-electron chi connectivity index (χ3n) is 2.76. The van der Waals surface area contributed by atoms with E-state index in [-0.39, 0.29) is 18.0 Å². The number of aromatic nitrogens is 2. The minimum atomic E-state index is -0.521. The van der Waals surface area contributed by atoms with Crippen LogP contribution in [0.4, 0.5) is 6.01 Å². The molecular weight excluding hydrogens is 246 g/mol. The van der Waals surface area contributed by atoms with Crippen molar-refractivity contribution < 1.29 is 9.21 Å². The van der Waals surface area contributed by atoms with Crippen molar-refractivity contribution in [2.45, 2.75) is 46.2 Å². The fourth-order valence-electron chi connectivity index (χ4n) is 1.62. The molecule has 1 aromatic heterocycles. The Morgan fingerprint density at radius 1 is 1.37 bits per heavy atom. The van der Waals surface area contributed by atoms with Gasteiger partial charge in [-0.15, -0.1) is 5.10 Å². The SMILES string of the molecule is CCCNC(C)c1nnc(NC(C(N)=O)C(C)C)o1. The summed E-state index contributed by atoms with van der Waals surface area (Å²) in [6.07, 6.45) is 1.03. The number of nitrogens with two attached hydrogens (primary N) is 1. The van der Waals surface area contributed by atoms with Gasteiger partial charge in [-0.2, -0.15) is 0 Å². The smallest absolute Gasteiger partial charge is 0.316 e. The van der Waals surface area contributed by atoms with E-state index in [2.05, 4.69) is 27.8 Å². The van der Waals surface area contributed by atoms with Gasteiger partial charge in [0.05, 0.1) is 6.04 Å². The number of primary amides is 1. The van der Waals surface area contributed by atoms with Gasteiger partial charge >= 0.3 is 6.01 Å². The third-order valence-corrected chi connectivity index (χ3v) is 2.76. The highest BCUT2D eigenvalue weighted by atomic mass is 16.4. The van der Waals surface area contributed by atoms with E-state index in [1.54, 1.807) is 0 Å². The Bertz CT molecular complexity index is 405. The number of carbonyl (C=O) groups excluding carboxylic acids is 1. The molecule has 0 bridgehead atoms. The summed E-state index contributed by atoms with van der Waals surface area (Å²) < 4.78 is 5.47. The van der Waals surface area contributed by atoms with E-state index < -0.39 is 11.9 Å². The fourth-order valence-corrected chi connectivity index (χ4v) is 1.62. The molecule has 0 aliphatic rings. The number of nitrogens with zero attached hydrogens (tertiary/aromatic N) is 2. The minimum absolute atomic E-state index is 0.0194. The molecule has 1 rings (SSSR count). The lowest BCUT2D eigenvalue weighted by atomic mass is 10.0. The van der Waals surface area contributed by atoms with Gasteiger partial charge in [-0.25, -0.2) is 0 Å². The predicted molar refractivity (Wildman–Crippen MR) is 72.4 cm³/mol. The van der Waals surface area contributed by atoms with Gasteiger partial charge in [0.15, 0.2) is 0 Å². The van der Waals surface area contributed by atoms with Gasteiger partial charge in [-0.1, -0.05) is 25.9 Å². The topological polar surface area (TPSA) is 106 Å². The van der Waals surface area contributed by atoms with Crippen molar-refractivity contribution in [3.63, 3.8) is 0 Å². The largest absolute Gasteiger partial charge is 0.406 e. The Morgan fingerprint density at radius 2 is 2.05 bits per heavy atom. The maximum Gasteiger partial charge on any atom is 0.316 e. The molecule has 0 saturated carbocycles. The molecule has 0 aromatic carbocycles. The Morgan fingerprint density at radius 3 is 2.58 bits per heavy atom. The maximum atomic E-state index is 11.3. The van der Waals surface area contributed by atoms with E-state index in [9.17, 15) is 4.79 Å². The van der Waals surface area contributed by atoms with E-state index >= 15 is 0 Å². The zero-order chi connectivity index (χ0) is 14.4. The van der Waals surface area contributed by atoms with Crippen LogP contribution in [0.3, 0.4) is 0 Å². The second-order valence-electron chi connectivity index (χ2n) is 4.89. The first-order chi connectivity index (χ1) is 8.95. The van der Waals surface area contributed by atoms with Crippen LogP contribution in [0.1, 0.15) is 46.0 Å². The number of anilines is 1. The van der Waals surface area contributed by atoms with Crippen molar-refractivity contribution in [3.8, 4) is 0 Å². The van der Waals surface area contributed by atoms with Crippen LogP contribution in [0.5, 0.6) is 0 Å². The van der Waals surface area contributed by atoms with E-state index in [4.69, 9.17) is 10.2 Å². The lowest BCUT2D eigenvalue weighted by Crippen LogP contribution is -2.39. The predicted octanol–water partition coefficient (Wildman–Crippen LogP) is 1.05. The van der Waals surface area contributed by atoms with Crippen molar-refractivity contribution in [1.29, 1.82) is 0 Å². The molecule has 2 atom stereocenters. The van der Waals surface area contributed by atoms with Gasteiger partial charge < -0.3 is 20.8 Å². The molecule has 7 heteroatoms. The Balaban J connectivity index is 2.66. The number of carbonyl (C=O) groups is 1. The van der Waals surface area contributed by atoms with Crippen molar-refractivity contribution in [2.24, 2.45) is 11.7 Å². The van der Waals surface area contributed by atoms with Crippen LogP contribution in [0.2, 0.25) is 0 Å². The molecule has 0 aliphatic heterocycles. The van der Waals surface area contributed by atoms with E-state index in [0.29, 0.717) is 5.89 Å². The summed E-state index contributed by atoms with van der Waals surface area (Å²) >= 11 is 0. The third kappa shape index (κ3) is 4.51. The van der Waals surface area contributed by atoms with Crippen molar-refractivity contribution in [1.82, 2.24) is 15.5 Å². The Hall–Kier alpha value is -1.63. The summed E-state index contributed by atoms with van der Waals surface area (Å²) in [6.45, 7) is 8.69. The summed E-state index contributed by atoms with van der Waals surface area (Å²) in [5.41, 5.74) is 5.31. The molecule has 1 aromatic rings. The van der Waals surface area contributed by atoms with Crippen LogP contribution in [-0.4, -0.2) is 28.7 Å². The fraction of sp³-hybridized carbons (Fsp3) is 0.750. The van der Waals surface area contributed by atoms with Crippen LogP contribution in [-0.2, 0) is 4.79 Å². The first kappa shape index (κ1) is 15.4. The molecule has 0 fully saturated rings. The Kier molecular flexibility index (Phi) is 5.75. The number of hydrogen-bond acceptors (Lipinski definition) is 6. The summed E-state index contributed by atoms with van der Waals surface area (Å²) in [7, 11) is 0. The van der Waals surface area contributed by atoms with Crippen LogP contribution < -0.4 is 16.4 Å².